The van der Waals surface area contributed by atoms with E-state index in [2.05, 4.69) is 27.5 Å². The Hall–Kier alpha value is -2.15. The summed E-state index contributed by atoms with van der Waals surface area (Å²) in [6.45, 7) is 7.50. The average molecular weight is 320 g/mol. The molecule has 0 fully saturated rings. The number of aromatic nitrogens is 2. The number of anilines is 2. The molecule has 1 unspecified atom stereocenters. The Labute approximate surface area is 133 Å². The zero-order valence-corrected chi connectivity index (χ0v) is 13.9. The van der Waals surface area contributed by atoms with Gasteiger partial charge in [0.05, 0.1) is 23.4 Å². The molecule has 0 saturated carbocycles. The normalized spacial score (nSPS) is 12.5. The molecule has 22 heavy (non-hydrogen) atoms. The Morgan fingerprint density at radius 2 is 2.09 bits per heavy atom. The highest BCUT2D eigenvalue weighted by molar-refractivity contribution is 7.09. The highest BCUT2D eigenvalue weighted by Crippen LogP contribution is 2.22. The zero-order chi connectivity index (χ0) is 16.2. The van der Waals surface area contributed by atoms with Crippen LogP contribution in [-0.2, 0) is 4.74 Å². The number of carbonyl (C=O) groups is 1. The number of amides is 1. The maximum atomic E-state index is 11.7. The number of ether oxygens (including phenoxy) is 1. The number of pyridine rings is 1. The van der Waals surface area contributed by atoms with Crippen LogP contribution < -0.4 is 10.6 Å². The van der Waals surface area contributed by atoms with Gasteiger partial charge in [-0.25, -0.2) is 9.78 Å². The van der Waals surface area contributed by atoms with Crippen LogP contribution in [0.15, 0.2) is 30.0 Å². The SMILES string of the molecule is CC(Nc1ccc(NC(=O)OC(C)(C)C)nc1)c1cncs1. The molecule has 118 valence electrons. The molecule has 2 aromatic rings. The van der Waals surface area contributed by atoms with Crippen LogP contribution in [0, 0.1) is 0 Å². The number of nitrogens with one attached hydrogen (secondary N) is 2. The molecular formula is C15H20N4O2S. The van der Waals surface area contributed by atoms with Gasteiger partial charge in [0.1, 0.15) is 11.4 Å². The first-order chi connectivity index (χ1) is 10.3. The van der Waals surface area contributed by atoms with Gasteiger partial charge < -0.3 is 10.1 Å². The van der Waals surface area contributed by atoms with E-state index in [4.69, 9.17) is 4.74 Å². The van der Waals surface area contributed by atoms with E-state index in [0.29, 0.717) is 5.82 Å². The second-order valence-electron chi connectivity index (χ2n) is 5.83. The van der Waals surface area contributed by atoms with Crippen LogP contribution in [0.1, 0.15) is 38.6 Å². The number of thiazole rings is 1. The van der Waals surface area contributed by atoms with E-state index in [1.165, 1.54) is 0 Å². The Kier molecular flexibility index (Phi) is 4.97. The van der Waals surface area contributed by atoms with Gasteiger partial charge in [0, 0.05) is 11.1 Å². The number of hydrogen-bond donors (Lipinski definition) is 2. The second-order valence-corrected chi connectivity index (χ2v) is 6.75. The molecule has 0 aliphatic rings. The van der Waals surface area contributed by atoms with Crippen molar-refractivity contribution in [3.8, 4) is 0 Å². The number of hydrogen-bond acceptors (Lipinski definition) is 6. The Morgan fingerprint density at radius 1 is 1.32 bits per heavy atom. The molecule has 0 spiro atoms. The van der Waals surface area contributed by atoms with E-state index in [1.807, 2.05) is 33.0 Å². The molecule has 1 atom stereocenters. The highest BCUT2D eigenvalue weighted by atomic mass is 32.1. The van der Waals surface area contributed by atoms with Crippen molar-refractivity contribution < 1.29 is 9.53 Å². The zero-order valence-electron chi connectivity index (χ0n) is 13.1. The van der Waals surface area contributed by atoms with Crippen LogP contribution in [0.4, 0.5) is 16.3 Å². The molecule has 0 aromatic carbocycles. The first kappa shape index (κ1) is 16.2. The predicted octanol–water partition coefficient (Wildman–Crippen LogP) is 4.06. The van der Waals surface area contributed by atoms with E-state index in [9.17, 15) is 4.79 Å². The van der Waals surface area contributed by atoms with Crippen molar-refractivity contribution in [1.29, 1.82) is 0 Å². The van der Waals surface area contributed by atoms with Crippen LogP contribution in [0.5, 0.6) is 0 Å². The standard InChI is InChI=1S/C15H20N4O2S/c1-10(12-8-16-9-22-12)18-11-5-6-13(17-7-11)19-14(20)21-15(2,3)4/h5-10,18H,1-4H3,(H,17,19,20). The Morgan fingerprint density at radius 3 is 2.64 bits per heavy atom. The van der Waals surface area contributed by atoms with Gasteiger partial charge in [-0.15, -0.1) is 11.3 Å². The minimum Gasteiger partial charge on any atom is -0.444 e. The quantitative estimate of drug-likeness (QED) is 0.888. The lowest BCUT2D eigenvalue weighted by Crippen LogP contribution is -2.27. The van der Waals surface area contributed by atoms with Gasteiger partial charge in [0.15, 0.2) is 0 Å². The fourth-order valence-corrected chi connectivity index (χ4v) is 2.35. The third kappa shape index (κ3) is 5.00. The molecule has 2 N–H and O–H groups in total. The maximum Gasteiger partial charge on any atom is 0.413 e. The molecule has 0 radical (unpaired) electrons. The maximum absolute atomic E-state index is 11.7. The summed E-state index contributed by atoms with van der Waals surface area (Å²) in [4.78, 5) is 21.1. The van der Waals surface area contributed by atoms with Crippen molar-refractivity contribution in [2.75, 3.05) is 10.6 Å². The second kappa shape index (κ2) is 6.74. The Balaban J connectivity index is 1.91. The van der Waals surface area contributed by atoms with Gasteiger partial charge in [0.25, 0.3) is 0 Å². The summed E-state index contributed by atoms with van der Waals surface area (Å²) in [6, 6.07) is 3.74. The molecule has 0 bridgehead atoms. The van der Waals surface area contributed by atoms with E-state index in [1.54, 1.807) is 29.1 Å². The summed E-state index contributed by atoms with van der Waals surface area (Å²) in [7, 11) is 0. The minimum atomic E-state index is -0.532. The van der Waals surface area contributed by atoms with Gasteiger partial charge in [-0.05, 0) is 39.8 Å². The monoisotopic (exact) mass is 320 g/mol. The van der Waals surface area contributed by atoms with Crippen LogP contribution in [0.3, 0.4) is 0 Å². The lowest BCUT2D eigenvalue weighted by molar-refractivity contribution is 0.0635. The molecule has 0 aliphatic carbocycles. The van der Waals surface area contributed by atoms with Crippen LogP contribution in [-0.4, -0.2) is 21.7 Å². The fourth-order valence-electron chi connectivity index (χ4n) is 1.72. The minimum absolute atomic E-state index is 0.152. The largest absolute Gasteiger partial charge is 0.444 e. The topological polar surface area (TPSA) is 76.1 Å². The summed E-state index contributed by atoms with van der Waals surface area (Å²) in [6.07, 6.45) is 3.00. The van der Waals surface area contributed by atoms with Crippen LogP contribution in [0.25, 0.3) is 0 Å². The van der Waals surface area contributed by atoms with Crippen molar-refractivity contribution in [2.24, 2.45) is 0 Å². The highest BCUT2D eigenvalue weighted by Gasteiger charge is 2.16. The van der Waals surface area contributed by atoms with Crippen molar-refractivity contribution >= 4 is 28.9 Å². The molecular weight excluding hydrogens is 300 g/mol. The van der Waals surface area contributed by atoms with E-state index < -0.39 is 11.7 Å². The lowest BCUT2D eigenvalue weighted by atomic mass is 10.2. The number of carbonyl (C=O) groups excluding carboxylic acids is 1. The van der Waals surface area contributed by atoms with Gasteiger partial charge in [-0.3, -0.25) is 10.3 Å². The summed E-state index contributed by atoms with van der Waals surface area (Å²) < 4.78 is 5.17. The van der Waals surface area contributed by atoms with E-state index >= 15 is 0 Å². The van der Waals surface area contributed by atoms with Crippen molar-refractivity contribution in [3.05, 3.63) is 34.9 Å². The molecule has 2 aromatic heterocycles. The summed E-state index contributed by atoms with van der Waals surface area (Å²) in [5, 5.41) is 5.93. The molecule has 0 saturated heterocycles. The molecule has 6 nitrogen and oxygen atoms in total. The van der Waals surface area contributed by atoms with Crippen molar-refractivity contribution in [3.63, 3.8) is 0 Å². The first-order valence-electron chi connectivity index (χ1n) is 6.94. The van der Waals surface area contributed by atoms with E-state index in [0.717, 1.165) is 10.6 Å². The van der Waals surface area contributed by atoms with Gasteiger partial charge in [-0.2, -0.15) is 0 Å². The molecule has 0 aliphatic heterocycles. The Bertz CT molecular complexity index is 605. The third-order valence-corrected chi connectivity index (χ3v) is 3.61. The number of rotatable bonds is 4. The molecule has 2 rings (SSSR count). The lowest BCUT2D eigenvalue weighted by Gasteiger charge is -2.19. The van der Waals surface area contributed by atoms with Crippen LogP contribution in [0.2, 0.25) is 0 Å². The summed E-state index contributed by atoms with van der Waals surface area (Å²) in [5.74, 6) is 0.449. The van der Waals surface area contributed by atoms with Crippen molar-refractivity contribution in [2.45, 2.75) is 39.3 Å². The average Bonchev–Trinajstić information content (AvgIpc) is 2.92. The molecule has 2 heterocycles. The third-order valence-electron chi connectivity index (χ3n) is 2.65. The van der Waals surface area contributed by atoms with Gasteiger partial charge >= 0.3 is 6.09 Å². The van der Waals surface area contributed by atoms with Crippen LogP contribution >= 0.6 is 11.3 Å². The number of nitrogens with zero attached hydrogens (tertiary/aromatic N) is 2. The predicted molar refractivity (Wildman–Crippen MR) is 88.2 cm³/mol. The summed E-state index contributed by atoms with van der Waals surface area (Å²) in [5.41, 5.74) is 2.14. The van der Waals surface area contributed by atoms with E-state index in [-0.39, 0.29) is 6.04 Å². The molecule has 1 amide bonds. The smallest absolute Gasteiger partial charge is 0.413 e. The van der Waals surface area contributed by atoms with Gasteiger partial charge in [0.2, 0.25) is 0 Å². The van der Waals surface area contributed by atoms with Gasteiger partial charge in [-0.1, -0.05) is 0 Å². The fraction of sp³-hybridized carbons (Fsp3) is 0.400. The first-order valence-corrected chi connectivity index (χ1v) is 7.82. The van der Waals surface area contributed by atoms with Crippen molar-refractivity contribution in [1.82, 2.24) is 9.97 Å². The molecule has 7 heteroatoms. The summed E-state index contributed by atoms with van der Waals surface area (Å²) >= 11 is 1.60.